The van der Waals surface area contributed by atoms with Crippen LogP contribution in [0.3, 0.4) is 0 Å². The molecule has 0 N–H and O–H groups in total. The van der Waals surface area contributed by atoms with Crippen molar-refractivity contribution in [1.29, 1.82) is 0 Å². The van der Waals surface area contributed by atoms with E-state index < -0.39 is 0 Å². The minimum absolute atomic E-state index is 0.653. The zero-order valence-corrected chi connectivity index (χ0v) is 27.9. The minimum Gasteiger partial charge on any atom is -0.208 e. The van der Waals surface area contributed by atoms with E-state index in [9.17, 15) is 0 Å². The Morgan fingerprint density at radius 2 is 0.960 bits per heavy atom. The summed E-state index contributed by atoms with van der Waals surface area (Å²) in [7, 11) is 0. The van der Waals surface area contributed by atoms with Crippen LogP contribution in [0, 0.1) is 0 Å². The van der Waals surface area contributed by atoms with Gasteiger partial charge in [0.1, 0.15) is 0 Å². The summed E-state index contributed by atoms with van der Waals surface area (Å²) < 4.78 is 2.58. The zero-order valence-electron chi connectivity index (χ0n) is 27.0. The standard InChI is InChI=1S/C46H29N3S/c1-3-12-29(13-4-1)33-26-35(39-19-11-20-41-40-18-9-10-21-42(40)50-43(39)41)28-36(27-33)46-48-44(30-14-5-2-6-15-30)47-45(49-46)32-22-23-38-34(25-32)24-31-16-7-8-17-37(31)38/h1-23,25-28H,24H2. The number of rotatable bonds is 5. The van der Waals surface area contributed by atoms with Crippen molar-refractivity contribution in [3.05, 3.63) is 175 Å². The lowest BCUT2D eigenvalue weighted by Crippen LogP contribution is -2.01. The molecule has 1 aliphatic carbocycles. The van der Waals surface area contributed by atoms with Gasteiger partial charge in [0.15, 0.2) is 17.5 Å². The summed E-state index contributed by atoms with van der Waals surface area (Å²) in [6.45, 7) is 0. The predicted octanol–water partition coefficient (Wildman–Crippen LogP) is 12.1. The normalized spacial score (nSPS) is 11.9. The predicted molar refractivity (Wildman–Crippen MR) is 208 cm³/mol. The molecule has 7 aromatic carbocycles. The molecular weight excluding hydrogens is 627 g/mol. The molecule has 0 radical (unpaired) electrons. The van der Waals surface area contributed by atoms with Gasteiger partial charge in [0.25, 0.3) is 0 Å². The van der Waals surface area contributed by atoms with Crippen molar-refractivity contribution in [2.45, 2.75) is 6.42 Å². The van der Waals surface area contributed by atoms with E-state index in [0.717, 1.165) is 39.8 Å². The highest BCUT2D eigenvalue weighted by Gasteiger charge is 2.21. The Morgan fingerprint density at radius 3 is 1.80 bits per heavy atom. The van der Waals surface area contributed by atoms with Gasteiger partial charge in [0, 0.05) is 36.9 Å². The van der Waals surface area contributed by atoms with Crippen LogP contribution >= 0.6 is 11.3 Å². The van der Waals surface area contributed by atoms with Crippen LogP contribution in [0.4, 0.5) is 0 Å². The van der Waals surface area contributed by atoms with E-state index in [2.05, 4.69) is 146 Å². The molecule has 0 unspecified atom stereocenters. The Hall–Kier alpha value is -6.23. The third-order valence-corrected chi connectivity index (χ3v) is 11.0. The fourth-order valence-electron chi connectivity index (χ4n) is 7.32. The summed E-state index contributed by atoms with van der Waals surface area (Å²) in [6, 6.07) is 58.2. The van der Waals surface area contributed by atoms with Gasteiger partial charge < -0.3 is 0 Å². The third-order valence-electron chi connectivity index (χ3n) is 9.73. The lowest BCUT2D eigenvalue weighted by atomic mass is 9.95. The molecular formula is C46H29N3S. The van der Waals surface area contributed by atoms with Crippen LogP contribution in [0.15, 0.2) is 164 Å². The molecule has 50 heavy (non-hydrogen) atoms. The van der Waals surface area contributed by atoms with Crippen LogP contribution in [-0.2, 0) is 6.42 Å². The maximum absolute atomic E-state index is 5.22. The van der Waals surface area contributed by atoms with Gasteiger partial charge in [0.2, 0.25) is 0 Å². The molecule has 0 atom stereocenters. The smallest absolute Gasteiger partial charge is 0.164 e. The lowest BCUT2D eigenvalue weighted by molar-refractivity contribution is 1.07. The van der Waals surface area contributed by atoms with Crippen LogP contribution in [-0.4, -0.2) is 15.0 Å². The molecule has 0 saturated carbocycles. The summed E-state index contributed by atoms with van der Waals surface area (Å²) in [6.07, 6.45) is 0.911. The molecule has 0 amide bonds. The van der Waals surface area contributed by atoms with Gasteiger partial charge in [-0.15, -0.1) is 11.3 Å². The third kappa shape index (κ3) is 4.92. The second-order valence-corrected chi connectivity index (χ2v) is 13.9. The number of aromatic nitrogens is 3. The second-order valence-electron chi connectivity index (χ2n) is 12.8. The van der Waals surface area contributed by atoms with E-state index in [1.54, 1.807) is 0 Å². The van der Waals surface area contributed by atoms with Crippen LogP contribution < -0.4 is 0 Å². The van der Waals surface area contributed by atoms with Crippen molar-refractivity contribution in [2.24, 2.45) is 0 Å². The van der Waals surface area contributed by atoms with Gasteiger partial charge in [-0.1, -0.05) is 133 Å². The maximum atomic E-state index is 5.22. The molecule has 0 bridgehead atoms. The summed E-state index contributed by atoms with van der Waals surface area (Å²) in [5.74, 6) is 1.98. The number of benzene rings is 7. The fraction of sp³-hybridized carbons (Fsp3) is 0.0217. The number of hydrogen-bond donors (Lipinski definition) is 0. The van der Waals surface area contributed by atoms with Crippen molar-refractivity contribution in [1.82, 2.24) is 15.0 Å². The van der Waals surface area contributed by atoms with Crippen molar-refractivity contribution in [3.63, 3.8) is 0 Å². The number of hydrogen-bond acceptors (Lipinski definition) is 4. The van der Waals surface area contributed by atoms with Crippen molar-refractivity contribution >= 4 is 31.5 Å². The Balaban J connectivity index is 1.18. The maximum Gasteiger partial charge on any atom is 0.164 e. The first kappa shape index (κ1) is 28.8. The molecule has 9 aromatic rings. The second kappa shape index (κ2) is 11.7. The zero-order chi connectivity index (χ0) is 33.0. The summed E-state index contributed by atoms with van der Waals surface area (Å²) >= 11 is 1.85. The molecule has 234 valence electrons. The highest BCUT2D eigenvalue weighted by Crippen LogP contribution is 2.42. The average Bonchev–Trinajstić information content (AvgIpc) is 3.76. The topological polar surface area (TPSA) is 38.7 Å². The van der Waals surface area contributed by atoms with Gasteiger partial charge in [-0.3, -0.25) is 0 Å². The Bertz CT molecular complexity index is 2730. The van der Waals surface area contributed by atoms with Gasteiger partial charge in [-0.25, -0.2) is 15.0 Å². The molecule has 0 fully saturated rings. The van der Waals surface area contributed by atoms with Crippen molar-refractivity contribution in [2.75, 3.05) is 0 Å². The molecule has 1 aliphatic rings. The highest BCUT2D eigenvalue weighted by atomic mass is 32.1. The fourth-order valence-corrected chi connectivity index (χ4v) is 8.56. The first-order chi connectivity index (χ1) is 24.7. The first-order valence-corrected chi connectivity index (χ1v) is 17.7. The molecule has 2 heterocycles. The lowest BCUT2D eigenvalue weighted by Gasteiger charge is -2.13. The highest BCUT2D eigenvalue weighted by molar-refractivity contribution is 7.26. The van der Waals surface area contributed by atoms with Crippen LogP contribution in [0.5, 0.6) is 0 Å². The van der Waals surface area contributed by atoms with Gasteiger partial charge in [-0.2, -0.15) is 0 Å². The van der Waals surface area contributed by atoms with Crippen LogP contribution in [0.1, 0.15) is 11.1 Å². The average molecular weight is 656 g/mol. The SMILES string of the molecule is c1ccc(-c2cc(-c3nc(-c4ccccc4)nc(-c4ccc5c(c4)Cc4ccccc4-5)n3)cc(-c3cccc4c3sc3ccccc34)c2)cc1. The van der Waals surface area contributed by atoms with Crippen LogP contribution in [0.2, 0.25) is 0 Å². The molecule has 2 aromatic heterocycles. The molecule has 3 nitrogen and oxygen atoms in total. The monoisotopic (exact) mass is 655 g/mol. The first-order valence-electron chi connectivity index (χ1n) is 16.9. The number of fused-ring (bicyclic) bond motifs is 6. The Labute approximate surface area is 294 Å². The quantitative estimate of drug-likeness (QED) is 0.185. The summed E-state index contributed by atoms with van der Waals surface area (Å²) in [5.41, 5.74) is 12.8. The van der Waals surface area contributed by atoms with E-state index in [1.807, 2.05) is 29.5 Å². The molecule has 0 saturated heterocycles. The Morgan fingerprint density at radius 1 is 0.360 bits per heavy atom. The van der Waals surface area contributed by atoms with Crippen molar-refractivity contribution < 1.29 is 0 Å². The summed E-state index contributed by atoms with van der Waals surface area (Å²) in [5, 5.41) is 2.57. The van der Waals surface area contributed by atoms with Gasteiger partial charge in [-0.05, 0) is 81.3 Å². The van der Waals surface area contributed by atoms with Crippen LogP contribution in [0.25, 0.3) is 87.7 Å². The number of nitrogens with zero attached hydrogens (tertiary/aromatic N) is 3. The van der Waals surface area contributed by atoms with Gasteiger partial charge in [0.05, 0.1) is 0 Å². The molecule has 10 rings (SSSR count). The largest absolute Gasteiger partial charge is 0.208 e. The van der Waals surface area contributed by atoms with E-state index in [0.29, 0.717) is 17.5 Å². The number of thiophene rings is 1. The van der Waals surface area contributed by atoms with E-state index in [-0.39, 0.29) is 0 Å². The van der Waals surface area contributed by atoms with E-state index in [4.69, 9.17) is 15.0 Å². The van der Waals surface area contributed by atoms with Crippen molar-refractivity contribution in [3.8, 4) is 67.5 Å². The molecule has 4 heteroatoms. The van der Waals surface area contributed by atoms with E-state index >= 15 is 0 Å². The Kier molecular flexibility index (Phi) is 6.74. The van der Waals surface area contributed by atoms with E-state index in [1.165, 1.54) is 48.0 Å². The molecule has 0 spiro atoms. The minimum atomic E-state index is 0.653. The van der Waals surface area contributed by atoms with Gasteiger partial charge >= 0.3 is 0 Å². The molecule has 0 aliphatic heterocycles. The summed E-state index contributed by atoms with van der Waals surface area (Å²) in [4.78, 5) is 15.5.